The molecule has 110 valence electrons. The second kappa shape index (κ2) is 6.25. The number of hydrogen-bond acceptors (Lipinski definition) is 2. The zero-order valence-corrected chi connectivity index (χ0v) is 12.7. The highest BCUT2D eigenvalue weighted by Crippen LogP contribution is 2.34. The summed E-state index contributed by atoms with van der Waals surface area (Å²) in [7, 11) is 0. The van der Waals surface area contributed by atoms with Crippen LogP contribution in [0.3, 0.4) is 0 Å². The molecule has 0 bridgehead atoms. The van der Waals surface area contributed by atoms with Gasteiger partial charge in [-0.2, -0.15) is 0 Å². The van der Waals surface area contributed by atoms with Crippen molar-refractivity contribution in [3.8, 4) is 0 Å². The maximum atomic E-state index is 12.4. The fourth-order valence-electron chi connectivity index (χ4n) is 3.49. The second-order valence-electron chi connectivity index (χ2n) is 6.96. The normalized spacial score (nSPS) is 31.2. The predicted molar refractivity (Wildman–Crippen MR) is 78.8 cm³/mol. The van der Waals surface area contributed by atoms with Crippen molar-refractivity contribution in [1.29, 1.82) is 0 Å². The van der Waals surface area contributed by atoms with Crippen LogP contribution in [-0.2, 0) is 4.79 Å². The van der Waals surface area contributed by atoms with Crippen molar-refractivity contribution >= 4 is 5.91 Å². The number of piperidine rings is 1. The second-order valence-corrected chi connectivity index (χ2v) is 6.96. The summed E-state index contributed by atoms with van der Waals surface area (Å²) >= 11 is 0. The molecule has 2 fully saturated rings. The minimum Gasteiger partial charge on any atom is -0.343 e. The van der Waals surface area contributed by atoms with Crippen LogP contribution in [0.5, 0.6) is 0 Å². The average molecular weight is 266 g/mol. The summed E-state index contributed by atoms with van der Waals surface area (Å²) in [5.74, 6) is 0.779. The van der Waals surface area contributed by atoms with Crippen LogP contribution in [-0.4, -0.2) is 29.9 Å². The zero-order chi connectivity index (χ0) is 13.9. The van der Waals surface area contributed by atoms with Gasteiger partial charge in [0.15, 0.2) is 0 Å². The molecule has 0 aromatic carbocycles. The molecule has 1 aliphatic heterocycles. The molecule has 1 saturated heterocycles. The van der Waals surface area contributed by atoms with E-state index >= 15 is 0 Å². The Morgan fingerprint density at radius 2 is 1.89 bits per heavy atom. The van der Waals surface area contributed by atoms with Crippen molar-refractivity contribution in [1.82, 2.24) is 4.90 Å². The van der Waals surface area contributed by atoms with Crippen LogP contribution in [0.25, 0.3) is 0 Å². The van der Waals surface area contributed by atoms with E-state index in [2.05, 4.69) is 18.7 Å². The van der Waals surface area contributed by atoms with Gasteiger partial charge in [-0.3, -0.25) is 4.79 Å². The van der Waals surface area contributed by atoms with Crippen LogP contribution in [0, 0.1) is 11.3 Å². The van der Waals surface area contributed by atoms with Gasteiger partial charge >= 0.3 is 0 Å². The van der Waals surface area contributed by atoms with Crippen LogP contribution in [0.2, 0.25) is 0 Å². The summed E-state index contributed by atoms with van der Waals surface area (Å²) in [6.45, 7) is 6.51. The van der Waals surface area contributed by atoms with E-state index in [1.165, 1.54) is 19.3 Å². The van der Waals surface area contributed by atoms with Gasteiger partial charge in [-0.15, -0.1) is 0 Å². The molecule has 3 heteroatoms. The van der Waals surface area contributed by atoms with Gasteiger partial charge in [0, 0.05) is 25.6 Å². The number of carbonyl (C=O) groups excluding carboxylic acids is 1. The molecule has 2 N–H and O–H groups in total. The lowest BCUT2D eigenvalue weighted by Crippen LogP contribution is -2.44. The van der Waals surface area contributed by atoms with E-state index < -0.39 is 0 Å². The van der Waals surface area contributed by atoms with E-state index in [0.29, 0.717) is 23.7 Å². The third kappa shape index (κ3) is 3.71. The number of carbonyl (C=O) groups is 1. The van der Waals surface area contributed by atoms with Crippen LogP contribution >= 0.6 is 0 Å². The first-order valence-corrected chi connectivity index (χ1v) is 8.07. The monoisotopic (exact) mass is 266 g/mol. The molecule has 0 aromatic rings. The molecule has 1 amide bonds. The fraction of sp³-hybridized carbons (Fsp3) is 0.938. The van der Waals surface area contributed by atoms with Gasteiger partial charge in [0.2, 0.25) is 5.91 Å². The van der Waals surface area contributed by atoms with E-state index in [0.717, 1.165) is 38.8 Å². The average Bonchev–Trinajstić information content (AvgIpc) is 2.42. The number of nitrogens with zero attached hydrogens (tertiary/aromatic N) is 1. The standard InChI is InChI=1S/C16H30N2O/c1-3-16(2)8-10-18(11-9-16)15(19)12-13-6-4-5-7-14(13)17/h13-14H,3-12,17H2,1-2H3. The number of amides is 1. The maximum Gasteiger partial charge on any atom is 0.222 e. The first kappa shape index (κ1) is 14.8. The highest BCUT2D eigenvalue weighted by molar-refractivity contribution is 5.76. The minimum absolute atomic E-state index is 0.253. The lowest BCUT2D eigenvalue weighted by atomic mass is 9.78. The molecule has 2 aliphatic rings. The third-order valence-electron chi connectivity index (χ3n) is 5.58. The van der Waals surface area contributed by atoms with Crippen molar-refractivity contribution in [2.75, 3.05) is 13.1 Å². The SMILES string of the molecule is CCC1(C)CCN(C(=O)CC2CCCCC2N)CC1. The van der Waals surface area contributed by atoms with Gasteiger partial charge in [0.1, 0.15) is 0 Å². The summed E-state index contributed by atoms with van der Waals surface area (Å²) in [6.07, 6.45) is 8.97. The smallest absolute Gasteiger partial charge is 0.222 e. The fourth-order valence-corrected chi connectivity index (χ4v) is 3.49. The summed E-state index contributed by atoms with van der Waals surface area (Å²) in [4.78, 5) is 14.5. The lowest BCUT2D eigenvalue weighted by molar-refractivity contribution is -0.134. The minimum atomic E-state index is 0.253. The Morgan fingerprint density at radius 3 is 2.47 bits per heavy atom. The number of nitrogens with two attached hydrogens (primary N) is 1. The molecular formula is C16H30N2O. The first-order chi connectivity index (χ1) is 9.04. The Bertz CT molecular complexity index is 308. The number of likely N-dealkylation sites (tertiary alicyclic amines) is 1. The van der Waals surface area contributed by atoms with Gasteiger partial charge in [0.25, 0.3) is 0 Å². The molecule has 0 radical (unpaired) electrons. The number of rotatable bonds is 3. The Kier molecular flexibility index (Phi) is 4.88. The van der Waals surface area contributed by atoms with E-state index in [1.807, 2.05) is 0 Å². The first-order valence-electron chi connectivity index (χ1n) is 8.07. The maximum absolute atomic E-state index is 12.4. The number of hydrogen-bond donors (Lipinski definition) is 1. The van der Waals surface area contributed by atoms with Crippen LogP contribution in [0.1, 0.15) is 65.2 Å². The van der Waals surface area contributed by atoms with Crippen LogP contribution in [0.4, 0.5) is 0 Å². The summed E-state index contributed by atoms with van der Waals surface area (Å²) < 4.78 is 0. The van der Waals surface area contributed by atoms with Crippen LogP contribution in [0.15, 0.2) is 0 Å². The quantitative estimate of drug-likeness (QED) is 0.853. The van der Waals surface area contributed by atoms with Crippen molar-refractivity contribution in [3.05, 3.63) is 0 Å². The van der Waals surface area contributed by atoms with Crippen LogP contribution < -0.4 is 5.73 Å². The molecule has 0 aromatic heterocycles. The molecule has 2 rings (SSSR count). The molecule has 3 nitrogen and oxygen atoms in total. The van der Waals surface area contributed by atoms with Gasteiger partial charge in [-0.1, -0.05) is 33.1 Å². The van der Waals surface area contributed by atoms with Gasteiger partial charge in [-0.05, 0) is 37.0 Å². The van der Waals surface area contributed by atoms with E-state index in [4.69, 9.17) is 5.73 Å². The molecule has 1 aliphatic carbocycles. The zero-order valence-electron chi connectivity index (χ0n) is 12.7. The molecule has 0 spiro atoms. The topological polar surface area (TPSA) is 46.3 Å². The highest BCUT2D eigenvalue weighted by atomic mass is 16.2. The Hall–Kier alpha value is -0.570. The Morgan fingerprint density at radius 1 is 1.26 bits per heavy atom. The summed E-state index contributed by atoms with van der Waals surface area (Å²) in [5.41, 5.74) is 6.61. The van der Waals surface area contributed by atoms with Gasteiger partial charge in [-0.25, -0.2) is 0 Å². The third-order valence-corrected chi connectivity index (χ3v) is 5.58. The summed E-state index contributed by atoms with van der Waals surface area (Å²) in [5, 5.41) is 0. The Labute approximate surface area is 117 Å². The molecule has 1 heterocycles. The Balaban J connectivity index is 1.81. The molecule has 2 unspecified atom stereocenters. The predicted octanol–water partition coefficient (Wildman–Crippen LogP) is 2.93. The lowest BCUT2D eigenvalue weighted by Gasteiger charge is -2.40. The highest BCUT2D eigenvalue weighted by Gasteiger charge is 2.32. The molecule has 2 atom stereocenters. The summed E-state index contributed by atoms with van der Waals surface area (Å²) in [6, 6.07) is 0.253. The van der Waals surface area contributed by atoms with Gasteiger partial charge < -0.3 is 10.6 Å². The van der Waals surface area contributed by atoms with E-state index in [1.54, 1.807) is 0 Å². The van der Waals surface area contributed by atoms with Crippen molar-refractivity contribution < 1.29 is 4.79 Å². The van der Waals surface area contributed by atoms with Crippen molar-refractivity contribution in [2.45, 2.75) is 71.3 Å². The molecule has 19 heavy (non-hydrogen) atoms. The molecule has 1 saturated carbocycles. The van der Waals surface area contributed by atoms with Crippen molar-refractivity contribution in [2.24, 2.45) is 17.1 Å². The molecular weight excluding hydrogens is 236 g/mol. The van der Waals surface area contributed by atoms with E-state index in [9.17, 15) is 4.79 Å². The largest absolute Gasteiger partial charge is 0.343 e. The van der Waals surface area contributed by atoms with Crippen molar-refractivity contribution in [3.63, 3.8) is 0 Å². The van der Waals surface area contributed by atoms with Gasteiger partial charge in [0.05, 0.1) is 0 Å². The van der Waals surface area contributed by atoms with E-state index in [-0.39, 0.29) is 6.04 Å².